The van der Waals surface area contributed by atoms with Crippen LogP contribution in [0.4, 0.5) is 5.69 Å². The standard InChI is InChI=1S/C21H22N4O5S2/c1-12-6-14-7-16(32(22,28)29)4-5-18(14)25(12)20(26)10-30-21(27)19-8-15(9-24(19)3)17-11-31-13(2)23-17/h4-5,7-9,11-12H,6,10H2,1-3H3,(H2,22,28,29). The highest BCUT2D eigenvalue weighted by atomic mass is 32.2. The number of hydrogen-bond acceptors (Lipinski definition) is 7. The molecule has 3 aromatic rings. The number of fused-ring (bicyclic) bond motifs is 1. The Bertz CT molecular complexity index is 1330. The van der Waals surface area contributed by atoms with Gasteiger partial charge in [0.1, 0.15) is 5.69 Å². The number of aryl methyl sites for hydroxylation is 2. The van der Waals surface area contributed by atoms with Crippen molar-refractivity contribution in [3.8, 4) is 11.3 Å². The molecule has 2 N–H and O–H groups in total. The van der Waals surface area contributed by atoms with Gasteiger partial charge in [0.2, 0.25) is 10.0 Å². The van der Waals surface area contributed by atoms with Crippen molar-refractivity contribution in [2.75, 3.05) is 11.5 Å². The molecule has 0 bridgehead atoms. The van der Waals surface area contributed by atoms with Crippen LogP contribution in [-0.2, 0) is 33.0 Å². The predicted octanol–water partition coefficient (Wildman–Crippen LogP) is 2.24. The monoisotopic (exact) mass is 474 g/mol. The van der Waals surface area contributed by atoms with Crippen LogP contribution in [0.3, 0.4) is 0 Å². The number of primary sulfonamides is 1. The third-order valence-corrected chi connectivity index (χ3v) is 7.00. The van der Waals surface area contributed by atoms with Gasteiger partial charge in [-0.05, 0) is 50.1 Å². The molecule has 2 aromatic heterocycles. The summed E-state index contributed by atoms with van der Waals surface area (Å²) in [6, 6.07) is 5.87. The fraction of sp³-hybridized carbons (Fsp3) is 0.286. The molecule has 0 spiro atoms. The van der Waals surface area contributed by atoms with Gasteiger partial charge in [-0.2, -0.15) is 0 Å². The first-order valence-corrected chi connectivity index (χ1v) is 12.2. The van der Waals surface area contributed by atoms with Crippen molar-refractivity contribution in [1.29, 1.82) is 0 Å². The van der Waals surface area contributed by atoms with E-state index in [1.54, 1.807) is 29.9 Å². The predicted molar refractivity (Wildman–Crippen MR) is 120 cm³/mol. The second-order valence-electron chi connectivity index (χ2n) is 7.71. The van der Waals surface area contributed by atoms with Gasteiger partial charge in [0.25, 0.3) is 5.91 Å². The van der Waals surface area contributed by atoms with Crippen molar-refractivity contribution in [1.82, 2.24) is 9.55 Å². The topological polar surface area (TPSA) is 125 Å². The molecule has 1 aromatic carbocycles. The van der Waals surface area contributed by atoms with Crippen LogP contribution in [0.5, 0.6) is 0 Å². The first kappa shape index (κ1) is 22.2. The summed E-state index contributed by atoms with van der Waals surface area (Å²) >= 11 is 1.52. The molecule has 11 heteroatoms. The number of nitrogens with zero attached hydrogens (tertiary/aromatic N) is 3. The number of esters is 1. The number of benzene rings is 1. The van der Waals surface area contributed by atoms with E-state index in [9.17, 15) is 18.0 Å². The number of anilines is 1. The van der Waals surface area contributed by atoms with E-state index in [2.05, 4.69) is 4.98 Å². The average molecular weight is 475 g/mol. The number of carbonyl (C=O) groups excluding carboxylic acids is 2. The quantitative estimate of drug-likeness (QED) is 0.566. The van der Waals surface area contributed by atoms with Crippen LogP contribution in [0.2, 0.25) is 0 Å². The molecule has 0 fully saturated rings. The Morgan fingerprint density at radius 3 is 2.72 bits per heavy atom. The van der Waals surface area contributed by atoms with Crippen LogP contribution in [-0.4, -0.2) is 42.5 Å². The number of amides is 1. The van der Waals surface area contributed by atoms with Crippen LogP contribution < -0.4 is 10.0 Å². The molecule has 1 aliphatic heterocycles. The lowest BCUT2D eigenvalue weighted by Crippen LogP contribution is -2.38. The lowest BCUT2D eigenvalue weighted by molar-refractivity contribution is -0.122. The molecule has 1 amide bonds. The second-order valence-corrected chi connectivity index (χ2v) is 10.3. The molecule has 0 saturated heterocycles. The van der Waals surface area contributed by atoms with Crippen LogP contribution in [0.15, 0.2) is 40.7 Å². The fourth-order valence-electron chi connectivity index (χ4n) is 3.84. The van der Waals surface area contributed by atoms with E-state index in [1.807, 2.05) is 19.2 Å². The van der Waals surface area contributed by atoms with Gasteiger partial charge in [0.15, 0.2) is 6.61 Å². The number of thiazole rings is 1. The Morgan fingerprint density at radius 2 is 2.06 bits per heavy atom. The van der Waals surface area contributed by atoms with Crippen LogP contribution in [0, 0.1) is 6.92 Å². The van der Waals surface area contributed by atoms with E-state index < -0.39 is 28.5 Å². The Hall–Kier alpha value is -3.02. The van der Waals surface area contributed by atoms with Gasteiger partial charge < -0.3 is 14.2 Å². The number of ether oxygens (including phenoxy) is 1. The van der Waals surface area contributed by atoms with E-state index in [0.717, 1.165) is 16.3 Å². The number of hydrogen-bond donors (Lipinski definition) is 1. The summed E-state index contributed by atoms with van der Waals surface area (Å²) < 4.78 is 30.1. The van der Waals surface area contributed by atoms with Crippen LogP contribution in [0.1, 0.15) is 28.0 Å². The summed E-state index contributed by atoms with van der Waals surface area (Å²) in [7, 11) is -2.11. The first-order valence-electron chi connectivity index (χ1n) is 9.78. The first-order chi connectivity index (χ1) is 15.0. The molecule has 0 radical (unpaired) electrons. The van der Waals surface area contributed by atoms with E-state index in [1.165, 1.54) is 28.4 Å². The third-order valence-electron chi connectivity index (χ3n) is 5.32. The highest BCUT2D eigenvalue weighted by Gasteiger charge is 2.32. The number of carbonyl (C=O) groups is 2. The van der Waals surface area contributed by atoms with Gasteiger partial charge >= 0.3 is 5.97 Å². The summed E-state index contributed by atoms with van der Waals surface area (Å²) in [6.07, 6.45) is 2.27. The largest absolute Gasteiger partial charge is 0.451 e. The molecule has 1 atom stereocenters. The normalized spacial score (nSPS) is 15.6. The number of nitrogens with two attached hydrogens (primary N) is 1. The van der Waals surface area contributed by atoms with E-state index in [4.69, 9.17) is 9.88 Å². The highest BCUT2D eigenvalue weighted by Crippen LogP contribution is 2.34. The van der Waals surface area contributed by atoms with Gasteiger partial charge in [0.05, 0.1) is 15.6 Å². The molecule has 168 valence electrons. The number of aromatic nitrogens is 2. The smallest absolute Gasteiger partial charge is 0.355 e. The Kier molecular flexibility index (Phi) is 5.65. The maximum Gasteiger partial charge on any atom is 0.355 e. The summed E-state index contributed by atoms with van der Waals surface area (Å²) in [6.45, 7) is 3.32. The zero-order valence-electron chi connectivity index (χ0n) is 17.7. The zero-order valence-corrected chi connectivity index (χ0v) is 19.4. The summed E-state index contributed by atoms with van der Waals surface area (Å²) in [4.78, 5) is 31.4. The van der Waals surface area contributed by atoms with E-state index in [0.29, 0.717) is 23.4 Å². The average Bonchev–Trinajstić information content (AvgIpc) is 3.40. The highest BCUT2D eigenvalue weighted by molar-refractivity contribution is 7.89. The number of sulfonamides is 1. The van der Waals surface area contributed by atoms with Gasteiger partial charge in [0, 0.05) is 35.9 Å². The lowest BCUT2D eigenvalue weighted by Gasteiger charge is -2.22. The van der Waals surface area contributed by atoms with Crippen molar-refractivity contribution in [2.24, 2.45) is 12.2 Å². The van der Waals surface area contributed by atoms with Crippen LogP contribution >= 0.6 is 11.3 Å². The minimum atomic E-state index is -3.83. The van der Waals surface area contributed by atoms with Crippen molar-refractivity contribution < 1.29 is 22.7 Å². The van der Waals surface area contributed by atoms with Gasteiger partial charge in [-0.15, -0.1) is 11.3 Å². The minimum Gasteiger partial charge on any atom is -0.451 e. The Morgan fingerprint density at radius 1 is 1.31 bits per heavy atom. The van der Waals surface area contributed by atoms with Gasteiger partial charge in [-0.25, -0.2) is 23.3 Å². The molecule has 0 aliphatic carbocycles. The minimum absolute atomic E-state index is 0.000931. The Balaban J connectivity index is 1.47. The SMILES string of the molecule is Cc1nc(-c2cc(C(=O)OCC(=O)N3c4ccc(S(N)(=O)=O)cc4CC3C)n(C)c2)cs1. The van der Waals surface area contributed by atoms with Crippen molar-refractivity contribution in [3.05, 3.63) is 52.1 Å². The molecular formula is C21H22N4O5S2. The van der Waals surface area contributed by atoms with Crippen molar-refractivity contribution in [2.45, 2.75) is 31.2 Å². The van der Waals surface area contributed by atoms with Gasteiger partial charge in [-0.1, -0.05) is 0 Å². The van der Waals surface area contributed by atoms with Crippen molar-refractivity contribution in [3.63, 3.8) is 0 Å². The molecule has 1 aliphatic rings. The summed E-state index contributed by atoms with van der Waals surface area (Å²) in [5, 5.41) is 8.04. The molecular weight excluding hydrogens is 452 g/mol. The summed E-state index contributed by atoms with van der Waals surface area (Å²) in [5.41, 5.74) is 3.17. The molecule has 4 rings (SSSR count). The molecule has 3 heterocycles. The molecule has 0 saturated carbocycles. The lowest BCUT2D eigenvalue weighted by atomic mass is 10.1. The second kappa shape index (κ2) is 8.15. The molecule has 32 heavy (non-hydrogen) atoms. The van der Waals surface area contributed by atoms with Crippen LogP contribution in [0.25, 0.3) is 11.3 Å². The zero-order chi connectivity index (χ0) is 23.2. The molecule has 1 unspecified atom stereocenters. The maximum atomic E-state index is 12.8. The van der Waals surface area contributed by atoms with Gasteiger partial charge in [-0.3, -0.25) is 4.79 Å². The number of rotatable bonds is 5. The molecule has 9 nitrogen and oxygen atoms in total. The van der Waals surface area contributed by atoms with E-state index >= 15 is 0 Å². The maximum absolute atomic E-state index is 12.8. The Labute approximate surface area is 189 Å². The summed E-state index contributed by atoms with van der Waals surface area (Å²) in [5.74, 6) is -1.01. The van der Waals surface area contributed by atoms with Crippen molar-refractivity contribution >= 4 is 38.9 Å². The third kappa shape index (κ3) is 4.18. The fourth-order valence-corrected chi connectivity index (χ4v) is 5.03. The van der Waals surface area contributed by atoms with E-state index in [-0.39, 0.29) is 10.9 Å².